The van der Waals surface area contributed by atoms with E-state index in [9.17, 15) is 18.3 Å². The third kappa shape index (κ3) is 5.26. The van der Waals surface area contributed by atoms with Crippen molar-refractivity contribution in [1.82, 2.24) is 9.03 Å². The molecule has 4 atom stereocenters. The maximum atomic E-state index is 13.7. The maximum absolute atomic E-state index is 13.7. The van der Waals surface area contributed by atoms with Gasteiger partial charge >= 0.3 is 5.97 Å². The molecule has 2 aromatic carbocycles. The van der Waals surface area contributed by atoms with Gasteiger partial charge in [-0.1, -0.05) is 48.9 Å². The number of aliphatic hydroxyl groups is 1. The van der Waals surface area contributed by atoms with Crippen LogP contribution in [-0.2, 0) is 19.7 Å². The summed E-state index contributed by atoms with van der Waals surface area (Å²) in [6, 6.07) is 16.2. The molecule has 0 radical (unpaired) electrons. The monoisotopic (exact) mass is 535 g/mol. The lowest BCUT2D eigenvalue weighted by atomic mass is 10.1. The lowest BCUT2D eigenvalue weighted by Crippen LogP contribution is -2.61. The van der Waals surface area contributed by atoms with Crippen molar-refractivity contribution in [1.29, 1.82) is 0 Å². The van der Waals surface area contributed by atoms with Gasteiger partial charge in [-0.25, -0.2) is 4.79 Å². The Morgan fingerprint density at radius 3 is 2.36 bits per heavy atom. The van der Waals surface area contributed by atoms with E-state index in [2.05, 4.69) is 4.72 Å². The van der Waals surface area contributed by atoms with Crippen molar-refractivity contribution < 1.29 is 23.1 Å². The molecule has 0 bridgehead atoms. The average Bonchev–Trinajstić information content (AvgIpc) is 3.42. The predicted molar refractivity (Wildman–Crippen MR) is 140 cm³/mol. The molecule has 2 N–H and O–H groups in total. The summed E-state index contributed by atoms with van der Waals surface area (Å²) in [5.74, 6) is -1.24. The minimum atomic E-state index is -4.08. The molecule has 0 amide bonds. The molecule has 1 saturated heterocycles. The van der Waals surface area contributed by atoms with Gasteiger partial charge in [0.2, 0.25) is 0 Å². The number of hydrogen-bond donors (Lipinski definition) is 2. The van der Waals surface area contributed by atoms with Gasteiger partial charge in [-0.15, -0.1) is 0 Å². The summed E-state index contributed by atoms with van der Waals surface area (Å²) in [5, 5.41) is 10.7. The topological polar surface area (TPSA) is 99.2 Å². The van der Waals surface area contributed by atoms with Crippen molar-refractivity contribution in [3.05, 3.63) is 65.2 Å². The number of ether oxygens (including phenoxy) is 1. The molecule has 196 valence electrons. The second kappa shape index (κ2) is 9.95. The van der Waals surface area contributed by atoms with Gasteiger partial charge in [-0.3, -0.25) is 0 Å². The molecular weight excluding hydrogens is 502 g/mol. The van der Waals surface area contributed by atoms with E-state index in [0.29, 0.717) is 11.6 Å². The summed E-state index contributed by atoms with van der Waals surface area (Å²) in [7, 11) is -4.08. The molecule has 2 aromatic rings. The Balaban J connectivity index is 1.58. The Morgan fingerprint density at radius 1 is 1.14 bits per heavy atom. The van der Waals surface area contributed by atoms with E-state index in [0.717, 1.165) is 11.3 Å². The summed E-state index contributed by atoms with van der Waals surface area (Å²) in [5.41, 5.74) is -0.450. The number of carbonyl (C=O) groups is 1. The normalized spacial score (nSPS) is 27.1. The highest BCUT2D eigenvalue weighted by Gasteiger charge is 2.71. The molecule has 2 fully saturated rings. The quantitative estimate of drug-likeness (QED) is 0.528. The van der Waals surface area contributed by atoms with Crippen molar-refractivity contribution >= 4 is 33.5 Å². The Morgan fingerprint density at radius 2 is 1.78 bits per heavy atom. The molecule has 8 nitrogen and oxygen atoms in total. The van der Waals surface area contributed by atoms with E-state index >= 15 is 0 Å². The summed E-state index contributed by atoms with van der Waals surface area (Å²) in [4.78, 5) is 15.4. The third-order valence-corrected chi connectivity index (χ3v) is 8.81. The molecule has 1 unspecified atom stereocenters. The number of benzene rings is 2. The second-order valence-corrected chi connectivity index (χ2v) is 12.6. The fraction of sp³-hybridized carbons (Fsp3) is 0.500. The molecule has 1 aliphatic carbocycles. The molecule has 4 rings (SSSR count). The zero-order valence-corrected chi connectivity index (χ0v) is 22.6. The number of esters is 1. The smallest absolute Gasteiger partial charge is 0.328 e. The first-order valence-electron chi connectivity index (χ1n) is 12.1. The summed E-state index contributed by atoms with van der Waals surface area (Å²) in [6.45, 7) is 7.57. The summed E-state index contributed by atoms with van der Waals surface area (Å²) >= 11 is 6.00. The molecule has 1 saturated carbocycles. The van der Waals surface area contributed by atoms with Crippen LogP contribution in [0, 0.1) is 5.92 Å². The Labute approximate surface area is 218 Å². The fourth-order valence-electron chi connectivity index (χ4n) is 5.10. The van der Waals surface area contributed by atoms with Crippen LogP contribution >= 0.6 is 11.6 Å². The van der Waals surface area contributed by atoms with Crippen molar-refractivity contribution in [3.63, 3.8) is 0 Å². The van der Waals surface area contributed by atoms with Crippen molar-refractivity contribution in [3.8, 4) is 0 Å². The van der Waals surface area contributed by atoms with E-state index in [1.54, 1.807) is 32.9 Å². The SMILES string of the molecule is C[C@@H]1[C@H](c2ccccc2)[C@]1(NS(=O)(=O)N1CCN(c2ccc(Cl)cc2)C(CO)C1)C(=O)OC(C)(C)C. The van der Waals surface area contributed by atoms with E-state index in [1.165, 1.54) is 4.31 Å². The van der Waals surface area contributed by atoms with Gasteiger partial charge in [0, 0.05) is 36.3 Å². The van der Waals surface area contributed by atoms with Gasteiger partial charge in [0.05, 0.1) is 12.6 Å². The van der Waals surface area contributed by atoms with Crippen LogP contribution < -0.4 is 9.62 Å². The third-order valence-electron chi connectivity index (χ3n) is 6.95. The number of nitrogens with one attached hydrogen (secondary N) is 1. The van der Waals surface area contributed by atoms with E-state index in [-0.39, 0.29) is 31.5 Å². The molecular formula is C26H34ClN3O5S. The van der Waals surface area contributed by atoms with Crippen molar-refractivity contribution in [2.24, 2.45) is 5.92 Å². The zero-order chi connectivity index (χ0) is 26.3. The minimum absolute atomic E-state index is 0.0727. The maximum Gasteiger partial charge on any atom is 0.328 e. The number of halogens is 1. The first-order chi connectivity index (χ1) is 16.9. The van der Waals surface area contributed by atoms with Crippen LogP contribution in [0.4, 0.5) is 5.69 Å². The van der Waals surface area contributed by atoms with Crippen LogP contribution in [0.3, 0.4) is 0 Å². The second-order valence-electron chi connectivity index (χ2n) is 10.5. The van der Waals surface area contributed by atoms with Gasteiger partial charge in [-0.2, -0.15) is 17.4 Å². The van der Waals surface area contributed by atoms with Crippen LogP contribution in [0.25, 0.3) is 0 Å². The lowest BCUT2D eigenvalue weighted by molar-refractivity contribution is -0.158. The van der Waals surface area contributed by atoms with Crippen LogP contribution in [0.15, 0.2) is 54.6 Å². The van der Waals surface area contributed by atoms with Gasteiger partial charge < -0.3 is 14.7 Å². The van der Waals surface area contributed by atoms with Gasteiger partial charge in [-0.05, 0) is 56.5 Å². The zero-order valence-electron chi connectivity index (χ0n) is 21.0. The first-order valence-corrected chi connectivity index (χ1v) is 13.9. The van der Waals surface area contributed by atoms with E-state index in [4.69, 9.17) is 16.3 Å². The van der Waals surface area contributed by atoms with Gasteiger partial charge in [0.1, 0.15) is 11.1 Å². The highest BCUT2D eigenvalue weighted by molar-refractivity contribution is 7.87. The van der Waals surface area contributed by atoms with Gasteiger partial charge in [0.15, 0.2) is 0 Å². The fourth-order valence-corrected chi connectivity index (χ4v) is 6.87. The highest BCUT2D eigenvalue weighted by Crippen LogP contribution is 2.58. The number of piperazine rings is 1. The Kier molecular flexibility index (Phi) is 7.43. The number of anilines is 1. The first kappa shape index (κ1) is 26.9. The van der Waals surface area contributed by atoms with E-state index in [1.807, 2.05) is 54.3 Å². The number of hydrogen-bond acceptors (Lipinski definition) is 6. The molecule has 2 aliphatic rings. The Hall–Kier alpha value is -2.17. The standard InChI is InChI=1S/C26H34ClN3O5S/c1-18-23(19-8-6-5-7-9-19)26(18,24(32)35-25(2,3)4)28-36(33,34)29-14-15-30(22(16-29)17-31)21-12-10-20(27)11-13-21/h5-13,18,22-23,28,31H,14-17H2,1-4H3/t18-,22?,23-,26+/m1/s1. The highest BCUT2D eigenvalue weighted by atomic mass is 35.5. The van der Waals surface area contributed by atoms with Crippen LogP contribution in [0.1, 0.15) is 39.2 Å². The number of rotatable bonds is 7. The minimum Gasteiger partial charge on any atom is -0.459 e. The molecule has 0 aromatic heterocycles. The number of nitrogens with zero attached hydrogens (tertiary/aromatic N) is 2. The lowest BCUT2D eigenvalue weighted by Gasteiger charge is -2.41. The Bertz CT molecular complexity index is 1190. The van der Waals surface area contributed by atoms with Crippen LogP contribution in [0.2, 0.25) is 5.02 Å². The van der Waals surface area contributed by atoms with Crippen molar-refractivity contribution in [2.45, 2.75) is 50.8 Å². The van der Waals surface area contributed by atoms with Crippen LogP contribution in [0.5, 0.6) is 0 Å². The van der Waals surface area contributed by atoms with Crippen LogP contribution in [-0.4, -0.2) is 67.2 Å². The van der Waals surface area contributed by atoms with E-state index < -0.39 is 33.4 Å². The largest absolute Gasteiger partial charge is 0.459 e. The molecule has 1 heterocycles. The van der Waals surface area contributed by atoms with Gasteiger partial charge in [0.25, 0.3) is 10.2 Å². The number of carbonyl (C=O) groups excluding carboxylic acids is 1. The number of aliphatic hydroxyl groups excluding tert-OH is 1. The van der Waals surface area contributed by atoms with Crippen molar-refractivity contribution in [2.75, 3.05) is 31.1 Å². The molecule has 0 spiro atoms. The summed E-state index contributed by atoms with van der Waals surface area (Å²) in [6.07, 6.45) is 0. The molecule has 1 aliphatic heterocycles. The molecule has 36 heavy (non-hydrogen) atoms. The average molecular weight is 536 g/mol. The summed E-state index contributed by atoms with van der Waals surface area (Å²) < 4.78 is 37.1. The molecule has 10 heteroatoms. The predicted octanol–water partition coefficient (Wildman–Crippen LogP) is 3.17.